The summed E-state index contributed by atoms with van der Waals surface area (Å²) in [6, 6.07) is 9.77. The highest BCUT2D eigenvalue weighted by Gasteiger charge is 2.58. The van der Waals surface area contributed by atoms with Crippen LogP contribution in [0.5, 0.6) is 5.75 Å². The van der Waals surface area contributed by atoms with E-state index >= 15 is 0 Å². The highest BCUT2D eigenvalue weighted by Crippen LogP contribution is 2.63. The van der Waals surface area contributed by atoms with Gasteiger partial charge in [-0.15, -0.1) is 0 Å². The van der Waals surface area contributed by atoms with Crippen molar-refractivity contribution < 1.29 is 14.6 Å². The fourth-order valence-electron chi connectivity index (χ4n) is 9.73. The number of carbonyl (C=O) groups is 1. The van der Waals surface area contributed by atoms with Gasteiger partial charge in [-0.2, -0.15) is 0 Å². The third-order valence-corrected chi connectivity index (χ3v) is 11.5. The lowest BCUT2D eigenvalue weighted by atomic mass is 9.50. The summed E-state index contributed by atoms with van der Waals surface area (Å²) in [5.41, 5.74) is 4.45. The Morgan fingerprint density at radius 3 is 2.79 bits per heavy atom. The number of benzene rings is 1. The molecular formula is C34H49NO3. The molecule has 1 aromatic carbocycles. The lowest BCUT2D eigenvalue weighted by molar-refractivity contribution is -0.119. The van der Waals surface area contributed by atoms with Gasteiger partial charge in [-0.1, -0.05) is 50.0 Å². The van der Waals surface area contributed by atoms with E-state index in [1.807, 2.05) is 0 Å². The van der Waals surface area contributed by atoms with E-state index in [0.29, 0.717) is 54.6 Å². The van der Waals surface area contributed by atoms with E-state index in [2.05, 4.69) is 43.4 Å². The molecule has 2 N–H and O–H groups in total. The molecule has 5 aliphatic rings. The van der Waals surface area contributed by atoms with Crippen molar-refractivity contribution in [3.05, 3.63) is 41.0 Å². The predicted molar refractivity (Wildman–Crippen MR) is 152 cm³/mol. The zero-order valence-corrected chi connectivity index (χ0v) is 23.7. The number of Topliss-reactive ketones (excluding diaryl/α,β-unsaturated/α-hetero) is 1. The van der Waals surface area contributed by atoms with Crippen LogP contribution in [0, 0.1) is 29.1 Å². The molecule has 4 heteroatoms. The molecule has 0 spiro atoms. The lowest BCUT2D eigenvalue weighted by Gasteiger charge is -2.54. The third-order valence-electron chi connectivity index (χ3n) is 11.5. The van der Waals surface area contributed by atoms with Gasteiger partial charge in [-0.3, -0.25) is 4.79 Å². The van der Waals surface area contributed by atoms with E-state index in [4.69, 9.17) is 4.74 Å². The number of hydrogen-bond acceptors (Lipinski definition) is 4. The van der Waals surface area contributed by atoms with E-state index in [0.717, 1.165) is 57.1 Å². The normalized spacial score (nSPS) is 36.1. The summed E-state index contributed by atoms with van der Waals surface area (Å²) in [7, 11) is 0. The van der Waals surface area contributed by atoms with Crippen LogP contribution in [0.15, 0.2) is 35.4 Å². The monoisotopic (exact) mass is 519 g/mol. The van der Waals surface area contributed by atoms with Gasteiger partial charge < -0.3 is 15.2 Å². The molecule has 0 aliphatic heterocycles. The van der Waals surface area contributed by atoms with Crippen molar-refractivity contribution in [2.45, 2.75) is 122 Å². The summed E-state index contributed by atoms with van der Waals surface area (Å²) in [4.78, 5) is 12.2. The van der Waals surface area contributed by atoms with Crippen LogP contribution in [0.4, 0.5) is 0 Å². The quantitative estimate of drug-likeness (QED) is 0.354. The molecule has 0 aromatic heterocycles. The molecule has 0 bridgehead atoms. The summed E-state index contributed by atoms with van der Waals surface area (Å²) >= 11 is 0. The largest absolute Gasteiger partial charge is 0.494 e. The molecule has 4 unspecified atom stereocenters. The van der Waals surface area contributed by atoms with Crippen molar-refractivity contribution in [2.24, 2.45) is 29.1 Å². The summed E-state index contributed by atoms with van der Waals surface area (Å²) in [6.07, 6.45) is 15.0. The molecule has 7 atom stereocenters. The van der Waals surface area contributed by atoms with Crippen molar-refractivity contribution >= 4 is 5.78 Å². The Labute approximate surface area is 230 Å². The number of fused-ring (bicyclic) bond motifs is 4. The Hall–Kier alpha value is -1.65. The molecule has 6 rings (SSSR count). The molecular weight excluding hydrogens is 470 g/mol. The zero-order valence-electron chi connectivity index (χ0n) is 23.7. The van der Waals surface area contributed by atoms with Gasteiger partial charge in [0.25, 0.3) is 0 Å². The fourth-order valence-corrected chi connectivity index (χ4v) is 9.73. The maximum Gasteiger partial charge on any atom is 0.137 e. The fraction of sp³-hybridized carbons (Fsp3) is 0.735. The van der Waals surface area contributed by atoms with E-state index in [-0.39, 0.29) is 11.5 Å². The zero-order chi connectivity index (χ0) is 26.3. The molecule has 208 valence electrons. The minimum Gasteiger partial charge on any atom is -0.494 e. The van der Waals surface area contributed by atoms with Crippen LogP contribution in [0.2, 0.25) is 0 Å². The van der Waals surface area contributed by atoms with Crippen molar-refractivity contribution in [1.82, 2.24) is 5.32 Å². The number of nitrogens with one attached hydrogen (secondary N) is 1. The first-order valence-corrected chi connectivity index (χ1v) is 15.9. The second kappa shape index (κ2) is 11.1. The first kappa shape index (κ1) is 26.6. The highest BCUT2D eigenvalue weighted by molar-refractivity contribution is 5.82. The molecule has 0 heterocycles. The van der Waals surface area contributed by atoms with Crippen LogP contribution in [-0.2, 0) is 4.79 Å². The van der Waals surface area contributed by atoms with Crippen LogP contribution < -0.4 is 10.1 Å². The minimum atomic E-state index is -0.209. The van der Waals surface area contributed by atoms with Gasteiger partial charge in [-0.25, -0.2) is 0 Å². The standard InChI is InChI=1S/C34H49NO3/c1-3-31(35-25-8-4-5-9-25)23-7-6-10-27(21-23)38-18-17-34-16-15-29-28-12-11-26(36)20-24(28)19-22(2)33(29)30(34)13-14-32(34)37/h6-7,10,21-22,25,29-33,35,37H,3-5,8-9,11-20H2,1-2H3/t22-,29?,30?,31?,32+,33?,34-/m1/s1. The van der Waals surface area contributed by atoms with Gasteiger partial charge in [0.2, 0.25) is 0 Å². The molecule has 5 aliphatic carbocycles. The topological polar surface area (TPSA) is 58.6 Å². The number of rotatable bonds is 8. The van der Waals surface area contributed by atoms with Gasteiger partial charge in [-0.05, 0) is 106 Å². The summed E-state index contributed by atoms with van der Waals surface area (Å²) in [5, 5.41) is 15.3. The Morgan fingerprint density at radius 1 is 1.13 bits per heavy atom. The average Bonchev–Trinajstić information content (AvgIpc) is 3.55. The Kier molecular flexibility index (Phi) is 7.75. The van der Waals surface area contributed by atoms with Crippen molar-refractivity contribution in [3.63, 3.8) is 0 Å². The van der Waals surface area contributed by atoms with Crippen molar-refractivity contribution in [3.8, 4) is 5.75 Å². The molecule has 38 heavy (non-hydrogen) atoms. The second-order valence-corrected chi connectivity index (χ2v) is 13.5. The van der Waals surface area contributed by atoms with Gasteiger partial charge in [0.1, 0.15) is 11.5 Å². The number of aliphatic hydroxyl groups excluding tert-OH is 1. The van der Waals surface area contributed by atoms with Crippen LogP contribution in [0.1, 0.15) is 115 Å². The summed E-state index contributed by atoms with van der Waals surface area (Å²) in [5.74, 6) is 3.89. The molecule has 3 saturated carbocycles. The number of allylic oxidation sites excluding steroid dienone is 2. The molecule has 0 amide bonds. The SMILES string of the molecule is CCC(NC1CCCC1)c1cccc(OCC[C@]23CCC4C5=C(CC(=O)CC5)C[C@@H](C)C4C2CC[C@@H]3O)c1. The van der Waals surface area contributed by atoms with Gasteiger partial charge in [0.05, 0.1) is 12.7 Å². The van der Waals surface area contributed by atoms with Crippen molar-refractivity contribution in [1.29, 1.82) is 0 Å². The molecule has 0 radical (unpaired) electrons. The average molecular weight is 520 g/mol. The minimum absolute atomic E-state index is 0.00836. The summed E-state index contributed by atoms with van der Waals surface area (Å²) < 4.78 is 6.44. The lowest BCUT2D eigenvalue weighted by Crippen LogP contribution is -2.50. The maximum atomic E-state index is 12.2. The summed E-state index contributed by atoms with van der Waals surface area (Å²) in [6.45, 7) is 5.37. The molecule has 4 nitrogen and oxygen atoms in total. The number of ketones is 1. The third kappa shape index (κ3) is 4.89. The van der Waals surface area contributed by atoms with E-state index in [9.17, 15) is 9.90 Å². The van der Waals surface area contributed by atoms with E-state index < -0.39 is 0 Å². The number of hydrogen-bond donors (Lipinski definition) is 2. The number of carbonyl (C=O) groups excluding carboxylic acids is 1. The highest BCUT2D eigenvalue weighted by atomic mass is 16.5. The van der Waals surface area contributed by atoms with Crippen LogP contribution in [0.25, 0.3) is 0 Å². The van der Waals surface area contributed by atoms with Gasteiger partial charge in [0, 0.05) is 30.3 Å². The maximum absolute atomic E-state index is 12.2. The first-order valence-electron chi connectivity index (χ1n) is 15.9. The second-order valence-electron chi connectivity index (χ2n) is 13.5. The van der Waals surface area contributed by atoms with Crippen molar-refractivity contribution in [2.75, 3.05) is 6.61 Å². The predicted octanol–water partition coefficient (Wildman–Crippen LogP) is 7.31. The Morgan fingerprint density at radius 2 is 1.97 bits per heavy atom. The van der Waals surface area contributed by atoms with Crippen LogP contribution in [-0.4, -0.2) is 29.6 Å². The van der Waals surface area contributed by atoms with Crippen LogP contribution >= 0.6 is 0 Å². The molecule has 3 fully saturated rings. The molecule has 0 saturated heterocycles. The van der Waals surface area contributed by atoms with E-state index in [1.165, 1.54) is 43.2 Å². The number of aliphatic hydroxyl groups is 1. The Balaban J connectivity index is 1.13. The Bertz CT molecular complexity index is 1040. The van der Waals surface area contributed by atoms with Gasteiger partial charge in [0.15, 0.2) is 0 Å². The van der Waals surface area contributed by atoms with Crippen LogP contribution in [0.3, 0.4) is 0 Å². The smallest absolute Gasteiger partial charge is 0.137 e. The molecule has 1 aromatic rings. The van der Waals surface area contributed by atoms with E-state index in [1.54, 1.807) is 5.57 Å². The first-order chi connectivity index (χ1) is 18.5. The van der Waals surface area contributed by atoms with Gasteiger partial charge >= 0.3 is 0 Å². The number of ether oxygens (including phenoxy) is 1.